The van der Waals surface area contributed by atoms with Gasteiger partial charge >= 0.3 is 48.9 Å². The number of phenols is 1. The quantitative estimate of drug-likeness (QED) is 0.0292. The Kier molecular flexibility index (Phi) is 18.1. The van der Waals surface area contributed by atoms with Crippen LogP contribution in [0.25, 0.3) is 21.5 Å². The first-order valence-corrected chi connectivity index (χ1v) is 24.5. The van der Waals surface area contributed by atoms with Crippen molar-refractivity contribution >= 4 is 160 Å². The predicted molar refractivity (Wildman–Crippen MR) is 275 cm³/mol. The number of methoxy groups -OCH3 is 2. The molecular formula is C50H38BaCl2N6O12S2. The van der Waals surface area contributed by atoms with Gasteiger partial charge in [-0.1, -0.05) is 89.6 Å². The van der Waals surface area contributed by atoms with E-state index >= 15 is 0 Å². The number of hydrogen-bond donors (Lipinski definition) is 4. The summed E-state index contributed by atoms with van der Waals surface area (Å²) >= 11 is 12.1. The molecule has 0 bridgehead atoms. The van der Waals surface area contributed by atoms with Crippen molar-refractivity contribution in [3.05, 3.63) is 166 Å². The Balaban J connectivity index is 0.000000235. The van der Waals surface area contributed by atoms with Crippen LogP contribution >= 0.6 is 23.2 Å². The number of aromatic hydroxyl groups is 1. The van der Waals surface area contributed by atoms with E-state index in [1.54, 1.807) is 97.1 Å². The molecule has 0 aliphatic carbocycles. The molecule has 368 valence electrons. The average molecular weight is 1190 g/mol. The summed E-state index contributed by atoms with van der Waals surface area (Å²) in [6, 6.07) is 34.8. The van der Waals surface area contributed by atoms with Crippen LogP contribution in [0.4, 0.5) is 34.1 Å². The van der Waals surface area contributed by atoms with Crippen LogP contribution in [0.15, 0.2) is 169 Å². The number of fused-ring (bicyclic) bond motifs is 2. The zero-order valence-corrected chi connectivity index (χ0v) is 46.3. The van der Waals surface area contributed by atoms with E-state index in [1.807, 2.05) is 0 Å². The second-order valence-electron chi connectivity index (χ2n) is 15.5. The summed E-state index contributed by atoms with van der Waals surface area (Å²) in [7, 11) is -6.34. The summed E-state index contributed by atoms with van der Waals surface area (Å²) in [6.07, 6.45) is 0. The first-order chi connectivity index (χ1) is 34.2. The maximum Gasteiger partial charge on any atom is 2.00 e. The molecule has 0 heterocycles. The number of azo groups is 2. The number of aliphatic imine (C=N–C) groups is 1. The molecule has 8 rings (SSSR count). The standard InChI is InChI=1S/2C25H20ClN3O6S.Ba/c2*1-14-10-16(26)12-21(24(14)36(32,33)34)28-29-22-19-9-4-3-6-15(19)11-20(23(22)30)25(31)27-17-7-5-8-18(13-17)35-2;/h2*3-13,30H,1-2H3,(H,27,31)(H,32,33,34);/q;;+2/p-2. The Morgan fingerprint density at radius 2 is 1.10 bits per heavy atom. The number of carbonyl (C=O) groups excluding carboxylic acids is 1. The summed E-state index contributed by atoms with van der Waals surface area (Å²) in [5, 5.41) is 58.3. The third-order valence-electron chi connectivity index (χ3n) is 10.5. The molecule has 8 aromatic carbocycles. The van der Waals surface area contributed by atoms with Gasteiger partial charge in [0.05, 0.1) is 31.2 Å². The van der Waals surface area contributed by atoms with Crippen LogP contribution in [0, 0.1) is 13.8 Å². The van der Waals surface area contributed by atoms with E-state index in [2.05, 4.69) is 30.8 Å². The number of nitrogens with one attached hydrogen (secondary N) is 1. The van der Waals surface area contributed by atoms with Gasteiger partial charge in [-0.2, -0.15) is 21.9 Å². The minimum atomic E-state index is -4.67. The molecule has 8 aromatic rings. The van der Waals surface area contributed by atoms with Gasteiger partial charge in [0.1, 0.15) is 38.4 Å². The van der Waals surface area contributed by atoms with Crippen LogP contribution in [0.5, 0.6) is 23.0 Å². The van der Waals surface area contributed by atoms with E-state index in [1.165, 1.54) is 64.5 Å². The van der Waals surface area contributed by atoms with Crippen LogP contribution in [-0.2, 0) is 20.2 Å². The smallest absolute Gasteiger partial charge is 0.871 e. The molecule has 0 aliphatic rings. The number of ether oxygens (including phenoxy) is 2. The second-order valence-corrected chi connectivity index (χ2v) is 19.1. The molecule has 0 saturated carbocycles. The first kappa shape index (κ1) is 55.9. The van der Waals surface area contributed by atoms with Gasteiger partial charge < -0.3 is 30.1 Å². The zero-order valence-electron chi connectivity index (χ0n) is 38.7. The fourth-order valence-corrected chi connectivity index (χ4v) is 9.56. The predicted octanol–water partition coefficient (Wildman–Crippen LogP) is 11.0. The normalized spacial score (nSPS) is 11.9. The number of hydrogen-bond acceptors (Lipinski definition) is 15. The van der Waals surface area contributed by atoms with Gasteiger partial charge in [-0.05, 0) is 108 Å². The summed E-state index contributed by atoms with van der Waals surface area (Å²) in [5.41, 5.74) is -0.0262. The first-order valence-electron chi connectivity index (χ1n) is 20.9. The van der Waals surface area contributed by atoms with Crippen molar-refractivity contribution in [1.29, 1.82) is 0 Å². The minimum Gasteiger partial charge on any atom is -0.871 e. The van der Waals surface area contributed by atoms with Crippen LogP contribution < -0.4 is 25.0 Å². The van der Waals surface area contributed by atoms with Gasteiger partial charge in [0.15, 0.2) is 5.75 Å². The SMILES string of the molecule is COc1cccc(N=C([O-])c2cc3ccccc3c(N=Nc3cc(Cl)cc(C)c3S(=O)(=O)O)c2[O-])c1.COc1cccc(NC(=O)c2cc3ccccc3c(N=Nc3cc(Cl)cc(C)c3S(=O)(=O)O)c2O)c1.[Ba+2]. The average Bonchev–Trinajstić information content (AvgIpc) is 3.32. The molecule has 0 unspecified atom stereocenters. The number of halogens is 2. The minimum absolute atomic E-state index is 0. The number of phenolic OH excluding ortho intramolecular Hbond substituents is 1. The number of nitrogens with zero attached hydrogens (tertiary/aromatic N) is 5. The van der Waals surface area contributed by atoms with Crippen molar-refractivity contribution in [2.24, 2.45) is 25.4 Å². The van der Waals surface area contributed by atoms with Crippen molar-refractivity contribution < 1.29 is 55.5 Å². The van der Waals surface area contributed by atoms with Gasteiger partial charge in [0.2, 0.25) is 0 Å². The van der Waals surface area contributed by atoms with Crippen LogP contribution in [0.3, 0.4) is 0 Å². The van der Waals surface area contributed by atoms with Gasteiger partial charge in [0, 0.05) is 38.6 Å². The number of anilines is 1. The van der Waals surface area contributed by atoms with E-state index in [-0.39, 0.29) is 104 Å². The van der Waals surface area contributed by atoms with E-state index < -0.39 is 53.3 Å². The monoisotopic (exact) mass is 1190 g/mol. The van der Waals surface area contributed by atoms with Gasteiger partial charge in [-0.3, -0.25) is 18.9 Å². The third kappa shape index (κ3) is 13.2. The van der Waals surface area contributed by atoms with E-state index in [0.717, 1.165) is 0 Å². The molecule has 0 spiro atoms. The van der Waals surface area contributed by atoms with E-state index in [0.29, 0.717) is 44.4 Å². The molecule has 0 aliphatic heterocycles. The van der Waals surface area contributed by atoms with Crippen LogP contribution in [0.2, 0.25) is 10.0 Å². The largest absolute Gasteiger partial charge is 2.00 e. The Bertz CT molecular complexity index is 3790. The maximum absolute atomic E-state index is 13.3. The summed E-state index contributed by atoms with van der Waals surface area (Å²) in [4.78, 5) is 16.1. The maximum atomic E-state index is 13.3. The van der Waals surface area contributed by atoms with E-state index in [4.69, 9.17) is 32.7 Å². The molecule has 18 nitrogen and oxygen atoms in total. The molecule has 0 atom stereocenters. The Labute approximate surface area is 468 Å². The van der Waals surface area contributed by atoms with Crippen molar-refractivity contribution in [1.82, 2.24) is 0 Å². The molecule has 0 aromatic heterocycles. The number of aryl methyl sites for hydroxylation is 2. The van der Waals surface area contributed by atoms with E-state index in [9.17, 15) is 46.1 Å². The molecule has 0 saturated heterocycles. The second kappa shape index (κ2) is 23.6. The number of benzene rings is 8. The molecule has 1 amide bonds. The van der Waals surface area contributed by atoms with Crippen LogP contribution in [0.1, 0.15) is 27.0 Å². The van der Waals surface area contributed by atoms with Gasteiger partial charge in [0.25, 0.3) is 26.1 Å². The van der Waals surface area contributed by atoms with Crippen molar-refractivity contribution in [2.45, 2.75) is 23.6 Å². The van der Waals surface area contributed by atoms with Crippen molar-refractivity contribution in [3.63, 3.8) is 0 Å². The summed E-state index contributed by atoms with van der Waals surface area (Å²) in [6.45, 7) is 2.88. The molecule has 0 fully saturated rings. The number of amides is 1. The fraction of sp³-hybridized carbons (Fsp3) is 0.0800. The molecule has 4 N–H and O–H groups in total. The van der Waals surface area contributed by atoms with Crippen molar-refractivity contribution in [3.8, 4) is 23.0 Å². The topological polar surface area (TPSA) is 284 Å². The number of carbonyl (C=O) groups is 1. The van der Waals surface area contributed by atoms with Crippen molar-refractivity contribution in [2.75, 3.05) is 19.5 Å². The zero-order chi connectivity index (χ0) is 52.1. The fourth-order valence-electron chi connectivity index (χ4n) is 7.37. The summed E-state index contributed by atoms with van der Waals surface area (Å²) < 4.78 is 77.4. The molecule has 23 heteroatoms. The number of rotatable bonds is 12. The summed E-state index contributed by atoms with van der Waals surface area (Å²) in [5.74, 6) is -1.60. The van der Waals surface area contributed by atoms with Gasteiger partial charge in [-0.15, -0.1) is 15.3 Å². The molecule has 73 heavy (non-hydrogen) atoms. The van der Waals surface area contributed by atoms with Gasteiger partial charge in [-0.25, -0.2) is 0 Å². The Morgan fingerprint density at radius 1 is 0.616 bits per heavy atom. The molecule has 0 radical (unpaired) electrons. The molecular weight excluding hydrogens is 1150 g/mol. The Morgan fingerprint density at radius 3 is 1.63 bits per heavy atom. The Hall–Kier alpha value is -6.41. The van der Waals surface area contributed by atoms with Crippen LogP contribution in [-0.4, -0.2) is 106 Å². The third-order valence-corrected chi connectivity index (χ3v) is 13.1.